The minimum Gasteiger partial charge on any atom is -0.480 e. The van der Waals surface area contributed by atoms with Crippen molar-refractivity contribution in [3.8, 4) is 5.75 Å². The zero-order chi connectivity index (χ0) is 17.4. The van der Waals surface area contributed by atoms with Gasteiger partial charge in [-0.25, -0.2) is 0 Å². The van der Waals surface area contributed by atoms with Crippen molar-refractivity contribution in [2.75, 3.05) is 10.6 Å². The molecule has 1 atom stereocenters. The topological polar surface area (TPSA) is 67.4 Å². The lowest BCUT2D eigenvalue weighted by Crippen LogP contribution is -2.31. The van der Waals surface area contributed by atoms with E-state index in [-0.39, 0.29) is 17.7 Å². The molecule has 1 heterocycles. The number of rotatable bonds is 4. The van der Waals surface area contributed by atoms with Crippen LogP contribution >= 0.6 is 11.6 Å². The molecule has 1 aliphatic heterocycles. The third-order valence-electron chi connectivity index (χ3n) is 4.34. The maximum atomic E-state index is 12.5. The van der Waals surface area contributed by atoms with Gasteiger partial charge in [0.25, 0.3) is 5.91 Å². The Bertz CT molecular complexity index is 848. The number of ether oxygens (including phenoxy) is 1. The van der Waals surface area contributed by atoms with Gasteiger partial charge in [-0.15, -0.1) is 0 Å². The molecule has 2 aromatic rings. The molecule has 0 bridgehead atoms. The lowest BCUT2D eigenvalue weighted by atomic mass is 10.1. The second-order valence-corrected chi connectivity index (χ2v) is 6.83. The van der Waals surface area contributed by atoms with Crippen molar-refractivity contribution in [2.45, 2.75) is 25.4 Å². The standard InChI is InChI=1S/C19H17ClN2O3/c20-13-6-7-16-12(8-13)9-17(25-16)19(24)22-15-3-1-2-14(10-15)21-18(23)11-4-5-11/h1-3,6-8,10-11,17H,4-5,9H2,(H,21,23)(H,22,24). The molecular weight excluding hydrogens is 340 g/mol. The third-order valence-corrected chi connectivity index (χ3v) is 4.57. The van der Waals surface area contributed by atoms with E-state index >= 15 is 0 Å². The van der Waals surface area contributed by atoms with Crippen LogP contribution in [0.15, 0.2) is 42.5 Å². The molecule has 6 heteroatoms. The van der Waals surface area contributed by atoms with Gasteiger partial charge < -0.3 is 15.4 Å². The van der Waals surface area contributed by atoms with Crippen molar-refractivity contribution >= 4 is 34.8 Å². The lowest BCUT2D eigenvalue weighted by Gasteiger charge is -2.12. The Balaban J connectivity index is 1.40. The molecule has 2 N–H and O–H groups in total. The molecule has 4 rings (SSSR count). The number of amides is 2. The highest BCUT2D eigenvalue weighted by Gasteiger charge is 2.30. The molecule has 1 saturated carbocycles. The smallest absolute Gasteiger partial charge is 0.265 e. The molecule has 0 aromatic heterocycles. The molecule has 1 aliphatic carbocycles. The van der Waals surface area contributed by atoms with Crippen molar-refractivity contribution in [1.29, 1.82) is 0 Å². The first-order chi connectivity index (χ1) is 12.1. The molecule has 128 valence electrons. The number of halogens is 1. The van der Waals surface area contributed by atoms with E-state index in [1.165, 1.54) is 0 Å². The highest BCUT2D eigenvalue weighted by molar-refractivity contribution is 6.30. The first-order valence-corrected chi connectivity index (χ1v) is 8.63. The maximum absolute atomic E-state index is 12.5. The summed E-state index contributed by atoms with van der Waals surface area (Å²) in [6.07, 6.45) is 1.80. The predicted molar refractivity (Wildman–Crippen MR) is 96.0 cm³/mol. The highest BCUT2D eigenvalue weighted by Crippen LogP contribution is 2.32. The largest absolute Gasteiger partial charge is 0.480 e. The van der Waals surface area contributed by atoms with Gasteiger partial charge in [-0.3, -0.25) is 9.59 Å². The van der Waals surface area contributed by atoms with E-state index in [1.807, 2.05) is 6.07 Å². The van der Waals surface area contributed by atoms with E-state index in [4.69, 9.17) is 16.3 Å². The van der Waals surface area contributed by atoms with Crippen molar-refractivity contribution in [1.82, 2.24) is 0 Å². The van der Waals surface area contributed by atoms with Gasteiger partial charge >= 0.3 is 0 Å². The molecule has 1 fully saturated rings. The lowest BCUT2D eigenvalue weighted by molar-refractivity contribution is -0.122. The quantitative estimate of drug-likeness (QED) is 0.879. The van der Waals surface area contributed by atoms with Crippen LogP contribution in [0.25, 0.3) is 0 Å². The van der Waals surface area contributed by atoms with E-state index < -0.39 is 6.10 Å². The molecule has 2 amide bonds. The zero-order valence-electron chi connectivity index (χ0n) is 13.4. The van der Waals surface area contributed by atoms with E-state index in [1.54, 1.807) is 36.4 Å². The zero-order valence-corrected chi connectivity index (χ0v) is 14.2. The van der Waals surface area contributed by atoms with Crippen LogP contribution < -0.4 is 15.4 Å². The number of carbonyl (C=O) groups is 2. The van der Waals surface area contributed by atoms with Crippen LogP contribution in [0.3, 0.4) is 0 Å². The summed E-state index contributed by atoms with van der Waals surface area (Å²) in [6.45, 7) is 0. The van der Waals surface area contributed by atoms with Crippen molar-refractivity contribution in [2.24, 2.45) is 5.92 Å². The Kier molecular flexibility index (Phi) is 4.09. The summed E-state index contributed by atoms with van der Waals surface area (Å²) in [5.74, 6) is 0.637. The SMILES string of the molecule is O=C(Nc1cccc(NC(=O)C2Cc3cc(Cl)ccc3O2)c1)C1CC1. The Hall–Kier alpha value is -2.53. The van der Waals surface area contributed by atoms with Crippen LogP contribution in [0.2, 0.25) is 5.02 Å². The number of fused-ring (bicyclic) bond motifs is 1. The van der Waals surface area contributed by atoms with Gasteiger partial charge in [-0.05, 0) is 54.8 Å². The van der Waals surface area contributed by atoms with Crippen LogP contribution in [0.1, 0.15) is 18.4 Å². The van der Waals surface area contributed by atoms with Crippen molar-refractivity contribution in [3.05, 3.63) is 53.1 Å². The Morgan fingerprint density at radius 3 is 2.44 bits per heavy atom. The fourth-order valence-electron chi connectivity index (χ4n) is 2.85. The fourth-order valence-corrected chi connectivity index (χ4v) is 3.05. The molecule has 1 unspecified atom stereocenters. The number of anilines is 2. The molecule has 0 radical (unpaired) electrons. The molecule has 2 aliphatic rings. The second-order valence-electron chi connectivity index (χ2n) is 6.40. The normalized spacial score (nSPS) is 18.2. The first kappa shape index (κ1) is 16.0. The number of hydrogen-bond donors (Lipinski definition) is 2. The minimum absolute atomic E-state index is 0.0370. The summed E-state index contributed by atoms with van der Waals surface area (Å²) in [5.41, 5.74) is 2.23. The van der Waals surface area contributed by atoms with Crippen LogP contribution in [-0.2, 0) is 16.0 Å². The number of hydrogen-bond acceptors (Lipinski definition) is 3. The summed E-state index contributed by atoms with van der Waals surface area (Å²) in [4.78, 5) is 24.3. The summed E-state index contributed by atoms with van der Waals surface area (Å²) >= 11 is 5.98. The van der Waals surface area contributed by atoms with Crippen LogP contribution in [0.5, 0.6) is 5.75 Å². The second kappa shape index (κ2) is 6.41. The van der Waals surface area contributed by atoms with Gasteiger partial charge in [-0.2, -0.15) is 0 Å². The highest BCUT2D eigenvalue weighted by atomic mass is 35.5. The molecule has 5 nitrogen and oxygen atoms in total. The Labute approximate surface area is 150 Å². The van der Waals surface area contributed by atoms with E-state index in [9.17, 15) is 9.59 Å². The van der Waals surface area contributed by atoms with Crippen LogP contribution in [-0.4, -0.2) is 17.9 Å². The Morgan fingerprint density at radius 2 is 1.72 bits per heavy atom. The molecular formula is C19H17ClN2O3. The average Bonchev–Trinajstić information content (AvgIpc) is 3.35. The Morgan fingerprint density at radius 1 is 1.00 bits per heavy atom. The number of nitrogens with one attached hydrogen (secondary N) is 2. The van der Waals surface area contributed by atoms with E-state index in [2.05, 4.69) is 10.6 Å². The van der Waals surface area contributed by atoms with Crippen molar-refractivity contribution < 1.29 is 14.3 Å². The van der Waals surface area contributed by atoms with Crippen molar-refractivity contribution in [3.63, 3.8) is 0 Å². The van der Waals surface area contributed by atoms with E-state index in [0.717, 1.165) is 18.4 Å². The van der Waals surface area contributed by atoms with Gasteiger partial charge in [-0.1, -0.05) is 17.7 Å². The number of carbonyl (C=O) groups excluding carboxylic acids is 2. The van der Waals surface area contributed by atoms with Crippen LogP contribution in [0, 0.1) is 5.92 Å². The predicted octanol–water partition coefficient (Wildman–Crippen LogP) is 3.63. The summed E-state index contributed by atoms with van der Waals surface area (Å²) in [7, 11) is 0. The minimum atomic E-state index is -0.585. The average molecular weight is 357 g/mol. The first-order valence-electron chi connectivity index (χ1n) is 8.25. The van der Waals surface area contributed by atoms with Gasteiger partial charge in [0, 0.05) is 28.7 Å². The van der Waals surface area contributed by atoms with Gasteiger partial charge in [0.1, 0.15) is 5.75 Å². The molecule has 2 aromatic carbocycles. The summed E-state index contributed by atoms with van der Waals surface area (Å²) in [6, 6.07) is 12.5. The molecule has 25 heavy (non-hydrogen) atoms. The van der Waals surface area contributed by atoms with Gasteiger partial charge in [0.15, 0.2) is 6.10 Å². The summed E-state index contributed by atoms with van der Waals surface area (Å²) < 4.78 is 5.69. The van der Waals surface area contributed by atoms with Gasteiger partial charge in [0.05, 0.1) is 0 Å². The monoisotopic (exact) mass is 356 g/mol. The van der Waals surface area contributed by atoms with Crippen LogP contribution in [0.4, 0.5) is 11.4 Å². The fraction of sp³-hybridized carbons (Fsp3) is 0.263. The third kappa shape index (κ3) is 3.61. The molecule has 0 saturated heterocycles. The van der Waals surface area contributed by atoms with Gasteiger partial charge in [0.2, 0.25) is 5.91 Å². The van der Waals surface area contributed by atoms with E-state index in [0.29, 0.717) is 28.6 Å². The maximum Gasteiger partial charge on any atom is 0.265 e. The number of benzene rings is 2. The summed E-state index contributed by atoms with van der Waals surface area (Å²) in [5, 5.41) is 6.34. The molecule has 0 spiro atoms.